The molecule has 1 aromatic rings. The van der Waals surface area contributed by atoms with Crippen molar-refractivity contribution in [2.24, 2.45) is 17.8 Å². The average Bonchev–Trinajstić information content (AvgIpc) is 3.10. The molecule has 2 aliphatic rings. The van der Waals surface area contributed by atoms with Crippen LogP contribution < -0.4 is 15.5 Å². The zero-order valence-electron chi connectivity index (χ0n) is 14.8. The van der Waals surface area contributed by atoms with Gasteiger partial charge in [-0.05, 0) is 62.2 Å². The molecule has 2 heterocycles. The monoisotopic (exact) mass is 329 g/mol. The van der Waals surface area contributed by atoms with Gasteiger partial charge in [0.1, 0.15) is 0 Å². The van der Waals surface area contributed by atoms with E-state index < -0.39 is 0 Å². The van der Waals surface area contributed by atoms with Crippen molar-refractivity contribution in [1.82, 2.24) is 10.6 Å². The summed E-state index contributed by atoms with van der Waals surface area (Å²) in [6.45, 7) is 7.41. The van der Waals surface area contributed by atoms with Crippen LogP contribution in [0, 0.1) is 17.8 Å². The predicted octanol–water partition coefficient (Wildman–Crippen LogP) is 2.65. The lowest BCUT2D eigenvalue weighted by Crippen LogP contribution is -2.35. The fourth-order valence-corrected chi connectivity index (χ4v) is 4.08. The summed E-state index contributed by atoms with van der Waals surface area (Å²) in [5, 5.41) is 6.58. The third-order valence-electron chi connectivity index (χ3n) is 5.69. The first-order chi connectivity index (χ1) is 11.7. The Morgan fingerprint density at radius 1 is 1.25 bits per heavy atom. The van der Waals surface area contributed by atoms with Gasteiger partial charge in [0.15, 0.2) is 0 Å². The van der Waals surface area contributed by atoms with Gasteiger partial charge in [0, 0.05) is 31.7 Å². The second kappa shape index (κ2) is 8.52. The maximum absolute atomic E-state index is 12.3. The summed E-state index contributed by atoms with van der Waals surface area (Å²) >= 11 is 0. The molecule has 0 aliphatic carbocycles. The van der Waals surface area contributed by atoms with Crippen molar-refractivity contribution >= 4 is 11.6 Å². The molecule has 132 valence electrons. The lowest BCUT2D eigenvalue weighted by molar-refractivity contribution is -0.122. The van der Waals surface area contributed by atoms with E-state index in [4.69, 9.17) is 0 Å². The van der Waals surface area contributed by atoms with Gasteiger partial charge in [-0.3, -0.25) is 4.79 Å². The molecule has 2 atom stereocenters. The minimum Gasteiger partial charge on any atom is -0.371 e. The summed E-state index contributed by atoms with van der Waals surface area (Å²) in [4.78, 5) is 14.7. The molecular weight excluding hydrogens is 298 g/mol. The Kier molecular flexibility index (Phi) is 6.13. The van der Waals surface area contributed by atoms with E-state index in [-0.39, 0.29) is 5.91 Å². The number of carbonyl (C=O) groups excluding carboxylic acids is 1. The molecule has 0 aromatic heterocycles. The molecule has 0 bridgehead atoms. The maximum Gasteiger partial charge on any atom is 0.220 e. The van der Waals surface area contributed by atoms with E-state index in [0.717, 1.165) is 32.7 Å². The highest BCUT2D eigenvalue weighted by molar-refractivity contribution is 5.76. The molecule has 4 heteroatoms. The molecule has 24 heavy (non-hydrogen) atoms. The Labute approximate surface area is 146 Å². The van der Waals surface area contributed by atoms with E-state index in [1.165, 1.54) is 24.9 Å². The van der Waals surface area contributed by atoms with Crippen LogP contribution in [0.15, 0.2) is 30.3 Å². The summed E-state index contributed by atoms with van der Waals surface area (Å²) in [7, 11) is 0. The van der Waals surface area contributed by atoms with Gasteiger partial charge in [-0.25, -0.2) is 0 Å². The number of anilines is 1. The van der Waals surface area contributed by atoms with Crippen LogP contribution in [0.2, 0.25) is 0 Å². The van der Waals surface area contributed by atoms with E-state index >= 15 is 0 Å². The second-order valence-electron chi connectivity index (χ2n) is 7.51. The molecule has 3 rings (SSSR count). The first kappa shape index (κ1) is 17.3. The fraction of sp³-hybridized carbons (Fsp3) is 0.650. The summed E-state index contributed by atoms with van der Waals surface area (Å²) in [5.74, 6) is 2.01. The Morgan fingerprint density at radius 3 is 2.75 bits per heavy atom. The second-order valence-corrected chi connectivity index (χ2v) is 7.51. The van der Waals surface area contributed by atoms with Crippen LogP contribution in [0.5, 0.6) is 0 Å². The van der Waals surface area contributed by atoms with E-state index in [1.54, 1.807) is 0 Å². The number of hydrogen-bond donors (Lipinski definition) is 2. The van der Waals surface area contributed by atoms with Gasteiger partial charge in [0.25, 0.3) is 0 Å². The van der Waals surface area contributed by atoms with Crippen molar-refractivity contribution in [2.45, 2.75) is 32.6 Å². The standard InChI is InChI=1S/C20H31N3O/c1-16(18-7-10-21-11-8-18)13-20(24)22-14-17-9-12-23(15-17)19-5-3-2-4-6-19/h2-6,16-18,21H,7-15H2,1H3,(H,22,24). The molecule has 2 aliphatic heterocycles. The van der Waals surface area contributed by atoms with E-state index in [0.29, 0.717) is 24.2 Å². The largest absolute Gasteiger partial charge is 0.371 e. The van der Waals surface area contributed by atoms with Crippen LogP contribution in [0.25, 0.3) is 0 Å². The molecule has 2 N–H and O–H groups in total. The number of benzene rings is 1. The third kappa shape index (κ3) is 4.73. The Morgan fingerprint density at radius 2 is 2.00 bits per heavy atom. The molecule has 2 saturated heterocycles. The summed E-state index contributed by atoms with van der Waals surface area (Å²) in [6.07, 6.45) is 4.27. The van der Waals surface area contributed by atoms with Crippen molar-refractivity contribution in [2.75, 3.05) is 37.6 Å². The molecular formula is C20H31N3O. The van der Waals surface area contributed by atoms with E-state index in [9.17, 15) is 4.79 Å². The molecule has 1 aromatic carbocycles. The maximum atomic E-state index is 12.3. The van der Waals surface area contributed by atoms with Crippen LogP contribution in [-0.2, 0) is 4.79 Å². The highest BCUT2D eigenvalue weighted by atomic mass is 16.1. The van der Waals surface area contributed by atoms with Crippen LogP contribution in [0.3, 0.4) is 0 Å². The van der Waals surface area contributed by atoms with Crippen molar-refractivity contribution in [1.29, 1.82) is 0 Å². The quantitative estimate of drug-likeness (QED) is 0.843. The third-order valence-corrected chi connectivity index (χ3v) is 5.69. The first-order valence-electron chi connectivity index (χ1n) is 9.50. The zero-order valence-corrected chi connectivity index (χ0v) is 14.8. The number of nitrogens with one attached hydrogen (secondary N) is 2. The number of hydrogen-bond acceptors (Lipinski definition) is 3. The van der Waals surface area contributed by atoms with Crippen LogP contribution in [-0.4, -0.2) is 38.6 Å². The Bertz CT molecular complexity index is 513. The molecule has 2 fully saturated rings. The minimum atomic E-state index is 0.235. The van der Waals surface area contributed by atoms with Gasteiger partial charge in [-0.1, -0.05) is 25.1 Å². The fourth-order valence-electron chi connectivity index (χ4n) is 4.08. The Hall–Kier alpha value is -1.55. The number of carbonyl (C=O) groups is 1. The highest BCUT2D eigenvalue weighted by Crippen LogP contribution is 2.25. The summed E-state index contributed by atoms with van der Waals surface area (Å²) < 4.78 is 0. The topological polar surface area (TPSA) is 44.4 Å². The number of amides is 1. The molecule has 0 spiro atoms. The molecule has 0 saturated carbocycles. The zero-order chi connectivity index (χ0) is 16.8. The smallest absolute Gasteiger partial charge is 0.220 e. The van der Waals surface area contributed by atoms with Gasteiger partial charge in [0.05, 0.1) is 0 Å². The van der Waals surface area contributed by atoms with E-state index in [1.807, 2.05) is 0 Å². The number of rotatable bonds is 6. The van der Waals surface area contributed by atoms with Gasteiger partial charge in [-0.2, -0.15) is 0 Å². The summed E-state index contributed by atoms with van der Waals surface area (Å²) in [6, 6.07) is 10.6. The Balaban J connectivity index is 1.37. The van der Waals surface area contributed by atoms with Gasteiger partial charge in [-0.15, -0.1) is 0 Å². The van der Waals surface area contributed by atoms with Crippen LogP contribution in [0.1, 0.15) is 32.6 Å². The SMILES string of the molecule is CC(CC(=O)NCC1CCN(c2ccccc2)C1)C1CCNCC1. The first-order valence-corrected chi connectivity index (χ1v) is 9.50. The summed E-state index contributed by atoms with van der Waals surface area (Å²) in [5.41, 5.74) is 1.30. The number of nitrogens with zero attached hydrogens (tertiary/aromatic N) is 1. The minimum absolute atomic E-state index is 0.235. The van der Waals surface area contributed by atoms with Gasteiger partial charge < -0.3 is 15.5 Å². The predicted molar refractivity (Wildman–Crippen MR) is 99.1 cm³/mol. The molecule has 4 nitrogen and oxygen atoms in total. The van der Waals surface area contributed by atoms with Crippen LogP contribution >= 0.6 is 0 Å². The highest BCUT2D eigenvalue weighted by Gasteiger charge is 2.25. The molecule has 0 radical (unpaired) electrons. The lowest BCUT2D eigenvalue weighted by atomic mass is 9.84. The van der Waals surface area contributed by atoms with Crippen molar-refractivity contribution in [3.05, 3.63) is 30.3 Å². The van der Waals surface area contributed by atoms with Crippen molar-refractivity contribution in [3.63, 3.8) is 0 Å². The number of piperidine rings is 1. The van der Waals surface area contributed by atoms with Gasteiger partial charge in [0.2, 0.25) is 5.91 Å². The average molecular weight is 329 g/mol. The van der Waals surface area contributed by atoms with Crippen molar-refractivity contribution < 1.29 is 4.79 Å². The van der Waals surface area contributed by atoms with Crippen LogP contribution in [0.4, 0.5) is 5.69 Å². The normalized spacial score (nSPS) is 23.2. The lowest BCUT2D eigenvalue weighted by Gasteiger charge is -2.28. The van der Waals surface area contributed by atoms with Gasteiger partial charge >= 0.3 is 0 Å². The van der Waals surface area contributed by atoms with Crippen molar-refractivity contribution in [3.8, 4) is 0 Å². The molecule has 1 amide bonds. The molecule has 2 unspecified atom stereocenters. The van der Waals surface area contributed by atoms with E-state index in [2.05, 4.69) is 52.8 Å². The number of para-hydroxylation sites is 1.